The van der Waals surface area contributed by atoms with Crippen molar-refractivity contribution >= 4 is 17.5 Å². The molecule has 0 aromatic heterocycles. The molecule has 2 aromatic carbocycles. The standard InChI is InChI=1S/C19H19ClN2O2/c20-15-3-1-2-4-18(15)24-14-8-5-12(6-9-14)19(23)22-17-11-13-7-10-16(17)21-13/h1-6,8-9,13,16-17,21H,7,10-11H2,(H,22,23). The van der Waals surface area contributed by atoms with E-state index >= 15 is 0 Å². The molecule has 2 saturated heterocycles. The van der Waals surface area contributed by atoms with Gasteiger partial charge in [-0.05, 0) is 55.7 Å². The summed E-state index contributed by atoms with van der Waals surface area (Å²) < 4.78 is 5.74. The topological polar surface area (TPSA) is 50.4 Å². The highest BCUT2D eigenvalue weighted by molar-refractivity contribution is 6.32. The summed E-state index contributed by atoms with van der Waals surface area (Å²) in [6.07, 6.45) is 3.41. The van der Waals surface area contributed by atoms with Crippen LogP contribution in [-0.2, 0) is 0 Å². The van der Waals surface area contributed by atoms with Crippen molar-refractivity contribution in [3.05, 3.63) is 59.1 Å². The second kappa shape index (κ2) is 6.46. The molecule has 2 N–H and O–H groups in total. The summed E-state index contributed by atoms with van der Waals surface area (Å²) in [6, 6.07) is 15.7. The molecule has 2 fully saturated rings. The predicted molar refractivity (Wildman–Crippen MR) is 93.8 cm³/mol. The Morgan fingerprint density at radius 3 is 2.58 bits per heavy atom. The number of fused-ring (bicyclic) bond motifs is 2. The monoisotopic (exact) mass is 342 g/mol. The van der Waals surface area contributed by atoms with Crippen molar-refractivity contribution in [1.29, 1.82) is 0 Å². The van der Waals surface area contributed by atoms with E-state index in [-0.39, 0.29) is 11.9 Å². The number of nitrogens with one attached hydrogen (secondary N) is 2. The van der Waals surface area contributed by atoms with Gasteiger partial charge in [-0.2, -0.15) is 0 Å². The first-order valence-electron chi connectivity index (χ1n) is 8.28. The van der Waals surface area contributed by atoms with Crippen molar-refractivity contribution in [3.8, 4) is 11.5 Å². The van der Waals surface area contributed by atoms with E-state index in [1.54, 1.807) is 30.3 Å². The van der Waals surface area contributed by atoms with Crippen molar-refractivity contribution in [2.45, 2.75) is 37.4 Å². The zero-order valence-corrected chi connectivity index (χ0v) is 13.9. The Labute approximate surface area is 146 Å². The number of amides is 1. The molecule has 5 heteroatoms. The first kappa shape index (κ1) is 15.5. The number of hydrogen-bond acceptors (Lipinski definition) is 3. The Kier molecular flexibility index (Phi) is 4.17. The average molecular weight is 343 g/mol. The molecule has 3 unspecified atom stereocenters. The molecule has 2 aliphatic rings. The van der Waals surface area contributed by atoms with Gasteiger partial charge in [0.1, 0.15) is 11.5 Å². The van der Waals surface area contributed by atoms with Crippen LogP contribution in [0.1, 0.15) is 29.6 Å². The Morgan fingerprint density at radius 2 is 1.92 bits per heavy atom. The van der Waals surface area contributed by atoms with Gasteiger partial charge < -0.3 is 15.4 Å². The normalized spacial score (nSPS) is 24.8. The van der Waals surface area contributed by atoms with Gasteiger partial charge in [0.2, 0.25) is 0 Å². The van der Waals surface area contributed by atoms with Gasteiger partial charge in [-0.15, -0.1) is 0 Å². The number of rotatable bonds is 4. The highest BCUT2D eigenvalue weighted by Crippen LogP contribution is 2.30. The lowest BCUT2D eigenvalue weighted by Crippen LogP contribution is -2.42. The molecular weight excluding hydrogens is 324 g/mol. The number of carbonyl (C=O) groups excluding carboxylic acids is 1. The zero-order valence-electron chi connectivity index (χ0n) is 13.2. The fraction of sp³-hybridized carbons (Fsp3) is 0.316. The third-order valence-corrected chi connectivity index (χ3v) is 5.11. The van der Waals surface area contributed by atoms with Crippen LogP contribution in [0.4, 0.5) is 0 Å². The summed E-state index contributed by atoms with van der Waals surface area (Å²) in [6.45, 7) is 0. The molecule has 2 heterocycles. The molecule has 1 amide bonds. The van der Waals surface area contributed by atoms with Crippen LogP contribution in [0.25, 0.3) is 0 Å². The molecule has 3 atom stereocenters. The Balaban J connectivity index is 1.40. The quantitative estimate of drug-likeness (QED) is 0.889. The molecule has 2 bridgehead atoms. The Bertz CT molecular complexity index is 747. The van der Waals surface area contributed by atoms with Crippen LogP contribution in [0.2, 0.25) is 5.02 Å². The van der Waals surface area contributed by atoms with Crippen LogP contribution in [0, 0.1) is 0 Å². The van der Waals surface area contributed by atoms with Crippen LogP contribution in [0.3, 0.4) is 0 Å². The number of hydrogen-bond donors (Lipinski definition) is 2. The van der Waals surface area contributed by atoms with Gasteiger partial charge in [0.05, 0.1) is 5.02 Å². The highest BCUT2D eigenvalue weighted by Gasteiger charge is 2.39. The summed E-state index contributed by atoms with van der Waals surface area (Å²) in [5.41, 5.74) is 0.643. The maximum absolute atomic E-state index is 12.4. The van der Waals surface area contributed by atoms with Gasteiger partial charge in [-0.25, -0.2) is 0 Å². The molecule has 0 aliphatic carbocycles. The third-order valence-electron chi connectivity index (χ3n) is 4.80. The van der Waals surface area contributed by atoms with Crippen molar-refractivity contribution in [1.82, 2.24) is 10.6 Å². The number of benzene rings is 2. The summed E-state index contributed by atoms with van der Waals surface area (Å²) >= 11 is 6.09. The lowest BCUT2D eigenvalue weighted by molar-refractivity contribution is 0.0931. The van der Waals surface area contributed by atoms with Crippen molar-refractivity contribution in [2.24, 2.45) is 0 Å². The second-order valence-corrected chi connectivity index (χ2v) is 6.83. The van der Waals surface area contributed by atoms with Gasteiger partial charge in [0.25, 0.3) is 5.91 Å². The first-order chi connectivity index (χ1) is 11.7. The minimum absolute atomic E-state index is 0.0290. The number of para-hydroxylation sites is 1. The van der Waals surface area contributed by atoms with Crippen molar-refractivity contribution < 1.29 is 9.53 Å². The lowest BCUT2D eigenvalue weighted by Gasteiger charge is -2.21. The average Bonchev–Trinajstić information content (AvgIpc) is 3.20. The van der Waals surface area contributed by atoms with E-state index in [4.69, 9.17) is 16.3 Å². The van der Waals surface area contributed by atoms with Crippen molar-refractivity contribution in [2.75, 3.05) is 0 Å². The number of carbonyl (C=O) groups is 1. The number of halogens is 1. The van der Waals surface area contributed by atoms with Gasteiger partial charge in [0.15, 0.2) is 0 Å². The third kappa shape index (κ3) is 3.12. The zero-order chi connectivity index (χ0) is 16.5. The highest BCUT2D eigenvalue weighted by atomic mass is 35.5. The summed E-state index contributed by atoms with van der Waals surface area (Å²) in [5, 5.41) is 7.23. The molecule has 0 spiro atoms. The summed E-state index contributed by atoms with van der Waals surface area (Å²) in [5.74, 6) is 1.23. The molecule has 0 radical (unpaired) electrons. The largest absolute Gasteiger partial charge is 0.456 e. The van der Waals surface area contributed by atoms with Crippen LogP contribution in [0.5, 0.6) is 11.5 Å². The molecule has 2 aromatic rings. The second-order valence-electron chi connectivity index (χ2n) is 6.42. The SMILES string of the molecule is O=C(NC1CC2CCC1N2)c1ccc(Oc2ccccc2Cl)cc1. The predicted octanol–water partition coefficient (Wildman–Crippen LogP) is 3.76. The van der Waals surface area contributed by atoms with E-state index in [2.05, 4.69) is 10.6 Å². The molecule has 24 heavy (non-hydrogen) atoms. The van der Waals surface area contributed by atoms with E-state index in [0.29, 0.717) is 34.2 Å². The molecular formula is C19H19ClN2O2. The van der Waals surface area contributed by atoms with E-state index in [9.17, 15) is 4.79 Å². The summed E-state index contributed by atoms with van der Waals surface area (Å²) in [7, 11) is 0. The van der Waals surface area contributed by atoms with Crippen LogP contribution < -0.4 is 15.4 Å². The summed E-state index contributed by atoms with van der Waals surface area (Å²) in [4.78, 5) is 12.4. The maximum atomic E-state index is 12.4. The minimum Gasteiger partial charge on any atom is -0.456 e. The molecule has 2 aliphatic heterocycles. The van der Waals surface area contributed by atoms with E-state index in [0.717, 1.165) is 12.8 Å². The van der Waals surface area contributed by atoms with Crippen LogP contribution in [0.15, 0.2) is 48.5 Å². The van der Waals surface area contributed by atoms with E-state index in [1.165, 1.54) is 6.42 Å². The first-order valence-corrected chi connectivity index (χ1v) is 8.66. The van der Waals surface area contributed by atoms with E-state index < -0.39 is 0 Å². The Morgan fingerprint density at radius 1 is 1.12 bits per heavy atom. The molecule has 0 saturated carbocycles. The van der Waals surface area contributed by atoms with Crippen molar-refractivity contribution in [3.63, 3.8) is 0 Å². The number of ether oxygens (including phenoxy) is 1. The smallest absolute Gasteiger partial charge is 0.251 e. The fourth-order valence-corrected chi connectivity index (χ4v) is 3.74. The van der Waals surface area contributed by atoms with Gasteiger partial charge in [-0.3, -0.25) is 4.79 Å². The molecule has 124 valence electrons. The maximum Gasteiger partial charge on any atom is 0.251 e. The fourth-order valence-electron chi connectivity index (χ4n) is 3.56. The minimum atomic E-state index is -0.0290. The van der Waals surface area contributed by atoms with Gasteiger partial charge >= 0.3 is 0 Å². The van der Waals surface area contributed by atoms with Crippen LogP contribution in [-0.4, -0.2) is 24.0 Å². The lowest BCUT2D eigenvalue weighted by atomic mass is 9.95. The van der Waals surface area contributed by atoms with Gasteiger partial charge in [0, 0.05) is 23.7 Å². The van der Waals surface area contributed by atoms with Gasteiger partial charge in [-0.1, -0.05) is 23.7 Å². The Hall–Kier alpha value is -2.04. The van der Waals surface area contributed by atoms with Crippen LogP contribution >= 0.6 is 11.6 Å². The molecule has 4 nitrogen and oxygen atoms in total. The van der Waals surface area contributed by atoms with E-state index in [1.807, 2.05) is 18.2 Å². The molecule has 4 rings (SSSR count).